The van der Waals surface area contributed by atoms with E-state index in [1.807, 2.05) is 24.3 Å². The van der Waals surface area contributed by atoms with Gasteiger partial charge in [-0.3, -0.25) is 9.59 Å². The molecule has 0 unspecified atom stereocenters. The van der Waals surface area contributed by atoms with Crippen LogP contribution in [0.3, 0.4) is 0 Å². The third-order valence-electron chi connectivity index (χ3n) is 6.87. The second kappa shape index (κ2) is 11.3. The first-order valence-electron chi connectivity index (χ1n) is 13.4. The van der Waals surface area contributed by atoms with Gasteiger partial charge in [0.2, 0.25) is 9.84 Å². The largest absolute Gasteiger partial charge is 0.322 e. The lowest BCUT2D eigenvalue weighted by Gasteiger charge is -2.19. The molecule has 0 fully saturated rings. The molecule has 6 nitrogen and oxygen atoms in total. The average Bonchev–Trinajstić information content (AvgIpc) is 2.93. The molecule has 0 aliphatic rings. The second-order valence-corrected chi connectivity index (χ2v) is 14.1. The third kappa shape index (κ3) is 7.11. The Morgan fingerprint density at radius 2 is 0.780 bits per heavy atom. The summed E-state index contributed by atoms with van der Waals surface area (Å²) in [5, 5.41) is 5.62. The third-order valence-corrected chi connectivity index (χ3v) is 8.66. The number of carbonyl (C=O) groups excluding carboxylic acids is 2. The number of hydrogen-bond acceptors (Lipinski definition) is 4. The molecule has 4 rings (SSSR count). The fraction of sp³-hybridized carbons (Fsp3) is 0.235. The van der Waals surface area contributed by atoms with E-state index in [0.717, 1.165) is 11.1 Å². The molecule has 0 radical (unpaired) electrons. The summed E-state index contributed by atoms with van der Waals surface area (Å²) in [5.41, 5.74) is 4.25. The molecule has 0 atom stereocenters. The summed E-state index contributed by atoms with van der Waals surface area (Å²) < 4.78 is 26.4. The molecule has 0 aliphatic carbocycles. The summed E-state index contributed by atoms with van der Waals surface area (Å²) in [6, 6.07) is 27.0. The Balaban J connectivity index is 1.40. The molecule has 7 heteroatoms. The van der Waals surface area contributed by atoms with Gasteiger partial charge < -0.3 is 10.6 Å². The Kier molecular flexibility index (Phi) is 8.22. The molecule has 0 saturated carbocycles. The van der Waals surface area contributed by atoms with E-state index in [2.05, 4.69) is 52.2 Å². The lowest BCUT2D eigenvalue weighted by molar-refractivity contribution is 0.101. The van der Waals surface area contributed by atoms with E-state index >= 15 is 0 Å². The molecule has 0 spiro atoms. The van der Waals surface area contributed by atoms with Crippen LogP contribution in [0.25, 0.3) is 0 Å². The number of rotatable bonds is 6. The predicted octanol–water partition coefficient (Wildman–Crippen LogP) is 7.62. The molecular formula is C34H36N2O4S. The van der Waals surface area contributed by atoms with E-state index in [1.54, 1.807) is 48.5 Å². The van der Waals surface area contributed by atoms with Crippen LogP contribution in [0.15, 0.2) is 107 Å². The number of hydrogen-bond donors (Lipinski definition) is 2. The number of amides is 2. The highest BCUT2D eigenvalue weighted by Crippen LogP contribution is 2.26. The predicted molar refractivity (Wildman–Crippen MR) is 165 cm³/mol. The molecule has 4 aromatic rings. The van der Waals surface area contributed by atoms with Crippen LogP contribution in [0.5, 0.6) is 0 Å². The maximum atomic E-state index is 13.2. The van der Waals surface area contributed by atoms with Crippen LogP contribution in [0, 0.1) is 0 Å². The van der Waals surface area contributed by atoms with Crippen molar-refractivity contribution in [2.75, 3.05) is 10.6 Å². The normalized spacial score (nSPS) is 12.0. The zero-order chi connectivity index (χ0) is 30.0. The van der Waals surface area contributed by atoms with Gasteiger partial charge in [-0.1, -0.05) is 65.8 Å². The molecule has 0 saturated heterocycles. The Morgan fingerprint density at radius 1 is 0.488 bits per heavy atom. The van der Waals surface area contributed by atoms with Crippen molar-refractivity contribution in [2.24, 2.45) is 0 Å². The quantitative estimate of drug-likeness (QED) is 0.250. The van der Waals surface area contributed by atoms with Crippen molar-refractivity contribution in [1.82, 2.24) is 0 Å². The first kappa shape index (κ1) is 29.7. The molecule has 2 N–H and O–H groups in total. The van der Waals surface area contributed by atoms with Gasteiger partial charge in [-0.15, -0.1) is 0 Å². The first-order chi connectivity index (χ1) is 19.1. The molecule has 0 bridgehead atoms. The second-order valence-electron chi connectivity index (χ2n) is 12.1. The van der Waals surface area contributed by atoms with Crippen LogP contribution < -0.4 is 10.6 Å². The van der Waals surface area contributed by atoms with Crippen molar-refractivity contribution in [3.8, 4) is 0 Å². The van der Waals surface area contributed by atoms with Crippen molar-refractivity contribution >= 4 is 33.0 Å². The minimum Gasteiger partial charge on any atom is -0.322 e. The van der Waals surface area contributed by atoms with Gasteiger partial charge in [0.25, 0.3) is 11.8 Å². The lowest BCUT2D eigenvalue weighted by atomic mass is 9.86. The van der Waals surface area contributed by atoms with Crippen LogP contribution in [0.2, 0.25) is 0 Å². The number of carbonyl (C=O) groups is 2. The lowest BCUT2D eigenvalue weighted by Crippen LogP contribution is -2.14. The number of benzene rings is 4. The van der Waals surface area contributed by atoms with E-state index in [9.17, 15) is 18.0 Å². The molecule has 0 aliphatic heterocycles. The van der Waals surface area contributed by atoms with Gasteiger partial charge in [0.15, 0.2) is 0 Å². The topological polar surface area (TPSA) is 92.3 Å². The van der Waals surface area contributed by atoms with Crippen molar-refractivity contribution in [3.63, 3.8) is 0 Å². The van der Waals surface area contributed by atoms with Crippen molar-refractivity contribution in [2.45, 2.75) is 62.2 Å². The zero-order valence-corrected chi connectivity index (χ0v) is 25.1. The van der Waals surface area contributed by atoms with Gasteiger partial charge in [0, 0.05) is 22.5 Å². The van der Waals surface area contributed by atoms with Gasteiger partial charge in [0.05, 0.1) is 9.79 Å². The Morgan fingerprint density at radius 3 is 1.05 bits per heavy atom. The fourth-order valence-electron chi connectivity index (χ4n) is 4.22. The SMILES string of the molecule is CC(C)(C)c1ccc(C(=O)Nc2ccc(S(=O)(=O)c3ccc(NC(=O)c4ccc(C(C)(C)C)cc4)cc3)cc2)cc1. The fourth-order valence-corrected chi connectivity index (χ4v) is 5.48. The number of anilines is 2. The van der Waals surface area contributed by atoms with Crippen LogP contribution in [0.1, 0.15) is 73.4 Å². The van der Waals surface area contributed by atoms with Crippen molar-refractivity contribution < 1.29 is 18.0 Å². The van der Waals surface area contributed by atoms with Crippen molar-refractivity contribution in [1.29, 1.82) is 0 Å². The maximum Gasteiger partial charge on any atom is 0.255 e. The molecule has 4 aromatic carbocycles. The van der Waals surface area contributed by atoms with Gasteiger partial charge in [-0.2, -0.15) is 0 Å². The average molecular weight is 569 g/mol. The molecule has 0 aromatic heterocycles. The zero-order valence-electron chi connectivity index (χ0n) is 24.3. The van der Waals surface area contributed by atoms with E-state index in [-0.39, 0.29) is 32.4 Å². The van der Waals surface area contributed by atoms with Gasteiger partial charge in [-0.25, -0.2) is 8.42 Å². The summed E-state index contributed by atoms with van der Waals surface area (Å²) >= 11 is 0. The summed E-state index contributed by atoms with van der Waals surface area (Å²) in [4.78, 5) is 25.5. The highest BCUT2D eigenvalue weighted by atomic mass is 32.2. The Hall–Kier alpha value is -4.23. The summed E-state index contributed by atoms with van der Waals surface area (Å²) in [7, 11) is -3.80. The van der Waals surface area contributed by atoms with E-state index in [1.165, 1.54) is 24.3 Å². The van der Waals surface area contributed by atoms with E-state index in [4.69, 9.17) is 0 Å². The van der Waals surface area contributed by atoms with Crippen LogP contribution in [0.4, 0.5) is 11.4 Å². The maximum absolute atomic E-state index is 13.2. The standard InChI is InChI=1S/C34H36N2O4S/c1-33(2,3)25-11-7-23(8-12-25)31(37)35-27-15-19-29(20-16-27)41(39,40)30-21-17-28(18-22-30)36-32(38)24-9-13-26(14-10-24)34(4,5)6/h7-22H,1-6H3,(H,35,37)(H,36,38). The molecular weight excluding hydrogens is 532 g/mol. The summed E-state index contributed by atoms with van der Waals surface area (Å²) in [5.74, 6) is -0.548. The Labute approximate surface area is 242 Å². The van der Waals surface area contributed by atoms with Crippen LogP contribution in [-0.2, 0) is 20.7 Å². The minimum atomic E-state index is -3.80. The minimum absolute atomic E-state index is 0.0104. The molecule has 0 heterocycles. The molecule has 212 valence electrons. The van der Waals surface area contributed by atoms with Crippen LogP contribution in [-0.4, -0.2) is 20.2 Å². The number of nitrogens with one attached hydrogen (secondary N) is 2. The smallest absolute Gasteiger partial charge is 0.255 e. The van der Waals surface area contributed by atoms with E-state index < -0.39 is 9.84 Å². The van der Waals surface area contributed by atoms with Gasteiger partial charge in [-0.05, 0) is 94.8 Å². The Bertz CT molecular complexity index is 1520. The van der Waals surface area contributed by atoms with Gasteiger partial charge >= 0.3 is 0 Å². The number of sulfone groups is 1. The van der Waals surface area contributed by atoms with Gasteiger partial charge in [0.1, 0.15) is 0 Å². The van der Waals surface area contributed by atoms with Crippen LogP contribution >= 0.6 is 0 Å². The monoisotopic (exact) mass is 568 g/mol. The summed E-state index contributed by atoms with van der Waals surface area (Å²) in [6.07, 6.45) is 0. The summed E-state index contributed by atoms with van der Waals surface area (Å²) in [6.45, 7) is 12.7. The highest BCUT2D eigenvalue weighted by Gasteiger charge is 2.19. The highest BCUT2D eigenvalue weighted by molar-refractivity contribution is 7.91. The molecule has 2 amide bonds. The molecule has 41 heavy (non-hydrogen) atoms. The first-order valence-corrected chi connectivity index (χ1v) is 14.9. The van der Waals surface area contributed by atoms with Crippen molar-refractivity contribution in [3.05, 3.63) is 119 Å². The van der Waals surface area contributed by atoms with E-state index in [0.29, 0.717) is 22.5 Å².